The summed E-state index contributed by atoms with van der Waals surface area (Å²) in [6.45, 7) is 4.93. The van der Waals surface area contributed by atoms with Crippen LogP contribution < -0.4 is 10.6 Å². The molecule has 1 fully saturated rings. The second-order valence-corrected chi connectivity index (χ2v) is 6.43. The van der Waals surface area contributed by atoms with Crippen LogP contribution >= 0.6 is 0 Å². The first-order chi connectivity index (χ1) is 12.1. The molecule has 1 aromatic heterocycles. The van der Waals surface area contributed by atoms with Gasteiger partial charge in [-0.15, -0.1) is 0 Å². The van der Waals surface area contributed by atoms with Gasteiger partial charge in [0.1, 0.15) is 5.82 Å². The van der Waals surface area contributed by atoms with Crippen LogP contribution in [0.15, 0.2) is 36.4 Å². The molecular weight excluding hydrogens is 314 g/mol. The normalized spacial score (nSPS) is 14.6. The number of anilines is 2. The summed E-state index contributed by atoms with van der Waals surface area (Å²) in [5, 5.41) is 0. The second kappa shape index (κ2) is 7.96. The average Bonchev–Trinajstić information content (AvgIpc) is 2.62. The van der Waals surface area contributed by atoms with Crippen LogP contribution in [0.2, 0.25) is 0 Å². The van der Waals surface area contributed by atoms with E-state index in [4.69, 9.17) is 5.73 Å². The zero-order chi connectivity index (χ0) is 17.6. The van der Waals surface area contributed by atoms with Crippen molar-refractivity contribution in [1.82, 2.24) is 14.9 Å². The number of aryl methyl sites for hydroxylation is 2. The van der Waals surface area contributed by atoms with E-state index in [-0.39, 0.29) is 5.91 Å². The first kappa shape index (κ1) is 17.2. The van der Waals surface area contributed by atoms with Gasteiger partial charge in [0.25, 0.3) is 0 Å². The molecule has 2 N–H and O–H groups in total. The molecule has 132 valence electrons. The predicted molar refractivity (Wildman–Crippen MR) is 99.4 cm³/mol. The molecule has 2 aromatic rings. The Hall–Kier alpha value is -2.63. The maximum Gasteiger partial charge on any atom is 0.222 e. The smallest absolute Gasteiger partial charge is 0.222 e. The number of hydrogen-bond acceptors (Lipinski definition) is 5. The molecule has 1 aliphatic heterocycles. The van der Waals surface area contributed by atoms with Crippen LogP contribution in [0.25, 0.3) is 0 Å². The lowest BCUT2D eigenvalue weighted by Gasteiger charge is -2.35. The number of piperazine rings is 1. The number of nitrogen functional groups attached to an aromatic ring is 1. The van der Waals surface area contributed by atoms with Crippen molar-refractivity contribution >= 4 is 17.7 Å². The molecule has 25 heavy (non-hydrogen) atoms. The Balaban J connectivity index is 1.46. The van der Waals surface area contributed by atoms with Gasteiger partial charge in [0.15, 0.2) is 0 Å². The number of nitrogens with two attached hydrogens (primary N) is 1. The van der Waals surface area contributed by atoms with Crippen molar-refractivity contribution in [1.29, 1.82) is 0 Å². The summed E-state index contributed by atoms with van der Waals surface area (Å²) in [6.07, 6.45) is 2.45. The number of carbonyl (C=O) groups excluding carboxylic acids is 1. The van der Waals surface area contributed by atoms with Gasteiger partial charge in [-0.05, 0) is 25.3 Å². The van der Waals surface area contributed by atoms with Gasteiger partial charge in [-0.25, -0.2) is 4.98 Å². The Morgan fingerprint density at radius 1 is 1.12 bits per heavy atom. The average molecular weight is 339 g/mol. The van der Waals surface area contributed by atoms with Crippen molar-refractivity contribution in [3.05, 3.63) is 47.7 Å². The quantitative estimate of drug-likeness (QED) is 0.902. The predicted octanol–water partition coefficient (Wildman–Crippen LogP) is 2.04. The highest BCUT2D eigenvalue weighted by molar-refractivity contribution is 5.76. The summed E-state index contributed by atoms with van der Waals surface area (Å²) < 4.78 is 0. The zero-order valence-electron chi connectivity index (χ0n) is 14.7. The van der Waals surface area contributed by atoms with Crippen LogP contribution in [0, 0.1) is 6.92 Å². The van der Waals surface area contributed by atoms with Gasteiger partial charge in [-0.2, -0.15) is 4.98 Å². The molecule has 3 rings (SSSR count). The Bertz CT molecular complexity index is 691. The largest absolute Gasteiger partial charge is 0.368 e. The Kier molecular flexibility index (Phi) is 5.48. The van der Waals surface area contributed by atoms with E-state index in [0.29, 0.717) is 12.4 Å². The molecule has 0 bridgehead atoms. The fourth-order valence-electron chi connectivity index (χ4n) is 3.17. The van der Waals surface area contributed by atoms with Crippen LogP contribution in [0.5, 0.6) is 0 Å². The molecule has 0 radical (unpaired) electrons. The molecule has 0 aliphatic carbocycles. The monoisotopic (exact) mass is 339 g/mol. The molecule has 0 saturated carbocycles. The summed E-state index contributed by atoms with van der Waals surface area (Å²) in [6, 6.07) is 12.3. The van der Waals surface area contributed by atoms with E-state index >= 15 is 0 Å². The summed E-state index contributed by atoms with van der Waals surface area (Å²) >= 11 is 0. The highest BCUT2D eigenvalue weighted by atomic mass is 16.2. The summed E-state index contributed by atoms with van der Waals surface area (Å²) in [7, 11) is 0. The Morgan fingerprint density at radius 3 is 2.52 bits per heavy atom. The molecular formula is C19H25N5O. The third kappa shape index (κ3) is 4.68. The van der Waals surface area contributed by atoms with Crippen molar-refractivity contribution in [2.75, 3.05) is 36.8 Å². The first-order valence-electron chi connectivity index (χ1n) is 8.79. The summed E-state index contributed by atoms with van der Waals surface area (Å²) in [4.78, 5) is 24.9. The molecule has 1 amide bonds. The van der Waals surface area contributed by atoms with E-state index in [9.17, 15) is 4.79 Å². The SMILES string of the molecule is Cc1cc(N2CCN(C(=O)CCCc3ccccc3)CC2)nc(N)n1. The van der Waals surface area contributed by atoms with E-state index in [1.54, 1.807) is 0 Å². The minimum atomic E-state index is 0.244. The lowest BCUT2D eigenvalue weighted by atomic mass is 10.1. The second-order valence-electron chi connectivity index (χ2n) is 6.43. The van der Waals surface area contributed by atoms with Crippen molar-refractivity contribution in [2.24, 2.45) is 0 Å². The van der Waals surface area contributed by atoms with Crippen molar-refractivity contribution in [2.45, 2.75) is 26.2 Å². The molecule has 6 nitrogen and oxygen atoms in total. The van der Waals surface area contributed by atoms with Gasteiger partial charge < -0.3 is 15.5 Å². The maximum atomic E-state index is 12.4. The number of nitrogens with zero attached hydrogens (tertiary/aromatic N) is 4. The van der Waals surface area contributed by atoms with Gasteiger partial charge in [-0.3, -0.25) is 4.79 Å². The lowest BCUT2D eigenvalue weighted by Crippen LogP contribution is -2.49. The third-order valence-corrected chi connectivity index (χ3v) is 4.51. The Morgan fingerprint density at radius 2 is 1.84 bits per heavy atom. The van der Waals surface area contributed by atoms with Gasteiger partial charge in [0.2, 0.25) is 11.9 Å². The van der Waals surface area contributed by atoms with Gasteiger partial charge in [0, 0.05) is 44.4 Å². The van der Waals surface area contributed by atoms with Crippen LogP contribution in [0.3, 0.4) is 0 Å². The maximum absolute atomic E-state index is 12.4. The zero-order valence-corrected chi connectivity index (χ0v) is 14.7. The number of hydrogen-bond donors (Lipinski definition) is 1. The molecule has 0 spiro atoms. The van der Waals surface area contributed by atoms with E-state index in [0.717, 1.165) is 50.5 Å². The van der Waals surface area contributed by atoms with Crippen molar-refractivity contribution in [3.63, 3.8) is 0 Å². The van der Waals surface area contributed by atoms with Crippen LogP contribution in [-0.4, -0.2) is 47.0 Å². The minimum Gasteiger partial charge on any atom is -0.368 e. The topological polar surface area (TPSA) is 75.3 Å². The lowest BCUT2D eigenvalue weighted by molar-refractivity contribution is -0.131. The number of carbonyl (C=O) groups is 1. The van der Waals surface area contributed by atoms with Gasteiger partial charge in [-0.1, -0.05) is 30.3 Å². The molecule has 2 heterocycles. The molecule has 1 aliphatic rings. The van der Waals surface area contributed by atoms with Crippen LogP contribution in [-0.2, 0) is 11.2 Å². The summed E-state index contributed by atoms with van der Waals surface area (Å²) in [5.41, 5.74) is 7.88. The van der Waals surface area contributed by atoms with Gasteiger partial charge in [0.05, 0.1) is 0 Å². The molecule has 1 saturated heterocycles. The number of rotatable bonds is 5. The molecule has 6 heteroatoms. The van der Waals surface area contributed by atoms with Crippen molar-refractivity contribution in [3.8, 4) is 0 Å². The number of aromatic nitrogens is 2. The highest BCUT2D eigenvalue weighted by Gasteiger charge is 2.22. The summed E-state index contributed by atoms with van der Waals surface area (Å²) in [5.74, 6) is 1.39. The first-order valence-corrected chi connectivity index (χ1v) is 8.79. The standard InChI is InChI=1S/C19H25N5O/c1-15-14-17(22-19(20)21-15)23-10-12-24(13-11-23)18(25)9-5-8-16-6-3-2-4-7-16/h2-4,6-7,14H,5,8-13H2,1H3,(H2,20,21,22). The molecule has 0 atom stereocenters. The fourth-order valence-corrected chi connectivity index (χ4v) is 3.17. The van der Waals surface area contributed by atoms with Crippen molar-refractivity contribution < 1.29 is 4.79 Å². The van der Waals surface area contributed by atoms with Gasteiger partial charge >= 0.3 is 0 Å². The molecule has 0 unspecified atom stereocenters. The minimum absolute atomic E-state index is 0.244. The van der Waals surface area contributed by atoms with E-state index in [1.165, 1.54) is 5.56 Å². The fraction of sp³-hybridized carbons (Fsp3) is 0.421. The van der Waals surface area contributed by atoms with E-state index in [1.807, 2.05) is 36.1 Å². The number of amides is 1. The van der Waals surface area contributed by atoms with Crippen LogP contribution in [0.1, 0.15) is 24.1 Å². The van der Waals surface area contributed by atoms with E-state index in [2.05, 4.69) is 27.0 Å². The molecule has 1 aromatic carbocycles. The highest BCUT2D eigenvalue weighted by Crippen LogP contribution is 2.16. The Labute approximate surface area is 148 Å². The van der Waals surface area contributed by atoms with Crippen LogP contribution in [0.4, 0.5) is 11.8 Å². The number of benzene rings is 1. The van der Waals surface area contributed by atoms with E-state index < -0.39 is 0 Å². The third-order valence-electron chi connectivity index (χ3n) is 4.51.